The molecule has 0 saturated heterocycles. The van der Waals surface area contributed by atoms with E-state index in [0.717, 1.165) is 20.5 Å². The van der Waals surface area contributed by atoms with Gasteiger partial charge < -0.3 is 9.15 Å². The SMILES string of the molecule is Cc1c(Br)cccc1-c1nc2c(o1)CCN(C(=O)OC(C)(C)C)C2=O. The van der Waals surface area contributed by atoms with Crippen molar-refractivity contribution < 1.29 is 18.7 Å². The zero-order valence-corrected chi connectivity index (χ0v) is 16.1. The molecule has 1 aliphatic heterocycles. The first-order chi connectivity index (χ1) is 11.7. The second-order valence-corrected chi connectivity index (χ2v) is 7.74. The van der Waals surface area contributed by atoms with Crippen LogP contribution in [0.4, 0.5) is 4.79 Å². The van der Waals surface area contributed by atoms with Crippen LogP contribution < -0.4 is 0 Å². The molecule has 0 spiro atoms. The summed E-state index contributed by atoms with van der Waals surface area (Å²) in [7, 11) is 0. The third kappa shape index (κ3) is 3.46. The number of imide groups is 1. The minimum absolute atomic E-state index is 0.173. The number of oxazole rings is 1. The molecule has 2 amide bonds. The number of benzene rings is 1. The first-order valence-corrected chi connectivity index (χ1v) is 8.76. The van der Waals surface area contributed by atoms with Crippen LogP contribution in [-0.4, -0.2) is 34.0 Å². The van der Waals surface area contributed by atoms with Crippen molar-refractivity contribution in [2.45, 2.75) is 39.7 Å². The van der Waals surface area contributed by atoms with Gasteiger partial charge in [-0.2, -0.15) is 0 Å². The molecule has 2 aromatic rings. The summed E-state index contributed by atoms with van der Waals surface area (Å²) in [5.74, 6) is 0.389. The van der Waals surface area contributed by atoms with E-state index in [1.807, 2.05) is 25.1 Å². The van der Waals surface area contributed by atoms with Gasteiger partial charge in [-0.3, -0.25) is 4.79 Å². The van der Waals surface area contributed by atoms with Crippen LogP contribution in [0.15, 0.2) is 27.1 Å². The fraction of sp³-hybridized carbons (Fsp3) is 0.389. The zero-order valence-electron chi connectivity index (χ0n) is 14.6. The summed E-state index contributed by atoms with van der Waals surface area (Å²) < 4.78 is 12.0. The van der Waals surface area contributed by atoms with Crippen molar-refractivity contribution in [3.8, 4) is 11.5 Å². The number of rotatable bonds is 1. The summed E-state index contributed by atoms with van der Waals surface area (Å²) in [6, 6.07) is 5.69. The number of nitrogens with zero attached hydrogens (tertiary/aromatic N) is 2. The molecule has 7 heteroatoms. The third-order valence-electron chi connectivity index (χ3n) is 3.82. The second kappa shape index (κ2) is 6.29. The molecule has 0 N–H and O–H groups in total. The van der Waals surface area contributed by atoms with Crippen LogP contribution in [0.2, 0.25) is 0 Å². The maximum Gasteiger partial charge on any atom is 0.417 e. The second-order valence-electron chi connectivity index (χ2n) is 6.89. The van der Waals surface area contributed by atoms with E-state index in [-0.39, 0.29) is 12.2 Å². The molecule has 25 heavy (non-hydrogen) atoms. The Morgan fingerprint density at radius 1 is 1.36 bits per heavy atom. The number of ether oxygens (including phenoxy) is 1. The van der Waals surface area contributed by atoms with Gasteiger partial charge in [0, 0.05) is 23.0 Å². The van der Waals surface area contributed by atoms with Crippen molar-refractivity contribution in [3.05, 3.63) is 39.7 Å². The topological polar surface area (TPSA) is 72.6 Å². The van der Waals surface area contributed by atoms with E-state index in [2.05, 4.69) is 20.9 Å². The van der Waals surface area contributed by atoms with Gasteiger partial charge in [0.25, 0.3) is 5.91 Å². The molecule has 0 aliphatic carbocycles. The maximum atomic E-state index is 12.6. The highest BCUT2D eigenvalue weighted by Crippen LogP contribution is 2.31. The van der Waals surface area contributed by atoms with E-state index in [4.69, 9.17) is 9.15 Å². The first kappa shape index (κ1) is 17.7. The minimum Gasteiger partial charge on any atom is -0.443 e. The molecule has 1 aromatic heterocycles. The molecule has 0 radical (unpaired) electrons. The van der Waals surface area contributed by atoms with Crippen LogP contribution in [0.25, 0.3) is 11.5 Å². The Morgan fingerprint density at radius 3 is 2.76 bits per heavy atom. The number of carbonyl (C=O) groups is 2. The molecule has 1 aromatic carbocycles. The summed E-state index contributed by atoms with van der Waals surface area (Å²) in [4.78, 5) is 30.3. The van der Waals surface area contributed by atoms with Crippen molar-refractivity contribution in [2.24, 2.45) is 0 Å². The molecule has 0 unspecified atom stereocenters. The zero-order chi connectivity index (χ0) is 18.4. The summed E-state index contributed by atoms with van der Waals surface area (Å²) in [5, 5.41) is 0. The van der Waals surface area contributed by atoms with Gasteiger partial charge >= 0.3 is 6.09 Å². The lowest BCUT2D eigenvalue weighted by atomic mass is 10.1. The van der Waals surface area contributed by atoms with Crippen molar-refractivity contribution >= 4 is 27.9 Å². The van der Waals surface area contributed by atoms with Crippen LogP contribution in [0.1, 0.15) is 42.6 Å². The van der Waals surface area contributed by atoms with Gasteiger partial charge in [-0.1, -0.05) is 22.0 Å². The van der Waals surface area contributed by atoms with Crippen molar-refractivity contribution in [1.82, 2.24) is 9.88 Å². The van der Waals surface area contributed by atoms with Crippen molar-refractivity contribution in [2.75, 3.05) is 6.54 Å². The number of aromatic nitrogens is 1. The number of hydrogen-bond acceptors (Lipinski definition) is 5. The molecule has 6 nitrogen and oxygen atoms in total. The Balaban J connectivity index is 1.91. The predicted molar refractivity (Wildman–Crippen MR) is 95.4 cm³/mol. The average molecular weight is 407 g/mol. The van der Waals surface area contributed by atoms with Crippen LogP contribution in [0.3, 0.4) is 0 Å². The molecule has 0 saturated carbocycles. The molecule has 0 fully saturated rings. The Bertz CT molecular complexity index is 851. The number of carbonyl (C=O) groups excluding carboxylic acids is 2. The van der Waals surface area contributed by atoms with Crippen molar-refractivity contribution in [3.63, 3.8) is 0 Å². The first-order valence-electron chi connectivity index (χ1n) is 7.97. The highest BCUT2D eigenvalue weighted by atomic mass is 79.9. The van der Waals surface area contributed by atoms with E-state index < -0.39 is 17.6 Å². The van der Waals surface area contributed by atoms with Gasteiger partial charge in [-0.25, -0.2) is 14.7 Å². The minimum atomic E-state index is -0.667. The van der Waals surface area contributed by atoms with Gasteiger partial charge in [0.1, 0.15) is 11.4 Å². The monoisotopic (exact) mass is 406 g/mol. The molecular weight excluding hydrogens is 388 g/mol. The molecule has 2 heterocycles. The molecule has 0 bridgehead atoms. The van der Waals surface area contributed by atoms with E-state index in [0.29, 0.717) is 18.1 Å². The number of halogens is 1. The Labute approximate surface area is 154 Å². The molecular formula is C18H19BrN2O4. The standard InChI is InChI=1S/C18H19BrN2O4/c1-10-11(6-5-7-12(10)19)15-20-14-13(24-15)8-9-21(16(14)22)17(23)25-18(2,3)4/h5-7H,8-9H2,1-4H3. The smallest absolute Gasteiger partial charge is 0.417 e. The van der Waals surface area contributed by atoms with Crippen LogP contribution >= 0.6 is 15.9 Å². The van der Waals surface area contributed by atoms with Crippen LogP contribution in [0, 0.1) is 6.92 Å². The van der Waals surface area contributed by atoms with Crippen LogP contribution in [-0.2, 0) is 11.2 Å². The summed E-state index contributed by atoms with van der Waals surface area (Å²) in [5.41, 5.74) is 1.28. The molecule has 1 aliphatic rings. The van der Waals surface area contributed by atoms with Crippen molar-refractivity contribution in [1.29, 1.82) is 0 Å². The summed E-state index contributed by atoms with van der Waals surface area (Å²) in [6.07, 6.45) is -0.244. The fourth-order valence-corrected chi connectivity index (χ4v) is 2.94. The molecule has 0 atom stereocenters. The Kier molecular flexibility index (Phi) is 4.45. The number of fused-ring (bicyclic) bond motifs is 1. The highest BCUT2D eigenvalue weighted by molar-refractivity contribution is 9.10. The lowest BCUT2D eigenvalue weighted by Gasteiger charge is -2.27. The Morgan fingerprint density at radius 2 is 2.08 bits per heavy atom. The molecule has 3 rings (SSSR count). The number of hydrogen-bond donors (Lipinski definition) is 0. The van der Waals surface area contributed by atoms with Gasteiger partial charge in [0.05, 0.1) is 0 Å². The van der Waals surface area contributed by atoms with E-state index in [9.17, 15) is 9.59 Å². The molecule has 132 valence electrons. The van der Waals surface area contributed by atoms with E-state index >= 15 is 0 Å². The summed E-state index contributed by atoms with van der Waals surface area (Å²) in [6.45, 7) is 7.43. The Hall–Kier alpha value is -2.15. The highest BCUT2D eigenvalue weighted by Gasteiger charge is 2.36. The van der Waals surface area contributed by atoms with E-state index in [1.54, 1.807) is 20.8 Å². The normalized spacial score (nSPS) is 14.4. The third-order valence-corrected chi connectivity index (χ3v) is 4.68. The lowest BCUT2D eigenvalue weighted by Crippen LogP contribution is -2.44. The number of amides is 2. The predicted octanol–water partition coefficient (Wildman–Crippen LogP) is 4.35. The average Bonchev–Trinajstić information content (AvgIpc) is 2.93. The summed E-state index contributed by atoms with van der Waals surface area (Å²) >= 11 is 3.48. The van der Waals surface area contributed by atoms with Gasteiger partial charge in [-0.15, -0.1) is 0 Å². The fourth-order valence-electron chi connectivity index (χ4n) is 2.58. The lowest BCUT2D eigenvalue weighted by molar-refractivity contribution is 0.0228. The van der Waals surface area contributed by atoms with Gasteiger partial charge in [0.2, 0.25) is 5.89 Å². The van der Waals surface area contributed by atoms with E-state index in [1.165, 1.54) is 0 Å². The van der Waals surface area contributed by atoms with Gasteiger partial charge in [-0.05, 0) is 45.4 Å². The maximum absolute atomic E-state index is 12.6. The quantitative estimate of drug-likeness (QED) is 0.703. The van der Waals surface area contributed by atoms with Crippen LogP contribution in [0.5, 0.6) is 0 Å². The largest absolute Gasteiger partial charge is 0.443 e. The van der Waals surface area contributed by atoms with Gasteiger partial charge in [0.15, 0.2) is 5.69 Å².